The van der Waals surface area contributed by atoms with E-state index in [0.717, 1.165) is 4.31 Å². The van der Waals surface area contributed by atoms with E-state index in [1.165, 1.54) is 32.3 Å². The van der Waals surface area contributed by atoms with E-state index < -0.39 is 15.9 Å². The number of halogens is 2. The Hall–Kier alpha value is -0.820. The van der Waals surface area contributed by atoms with E-state index in [0.29, 0.717) is 0 Å². The van der Waals surface area contributed by atoms with Crippen molar-refractivity contribution >= 4 is 39.1 Å². The average molecular weight is 311 g/mol. The minimum Gasteiger partial charge on any atom is -0.358 e. The molecule has 0 aliphatic carbocycles. The molecule has 0 aliphatic rings. The van der Waals surface area contributed by atoms with Gasteiger partial charge in [0, 0.05) is 14.1 Å². The number of carbonyl (C=O) groups excluding carboxylic acids is 1. The summed E-state index contributed by atoms with van der Waals surface area (Å²) >= 11 is 11.6. The third-order valence-electron chi connectivity index (χ3n) is 2.25. The molecule has 8 heteroatoms. The van der Waals surface area contributed by atoms with Gasteiger partial charge in [-0.2, -0.15) is 4.31 Å². The minimum atomic E-state index is -3.84. The van der Waals surface area contributed by atoms with Gasteiger partial charge in [-0.25, -0.2) is 8.42 Å². The van der Waals surface area contributed by atoms with Gasteiger partial charge >= 0.3 is 0 Å². The lowest BCUT2D eigenvalue weighted by molar-refractivity contribution is -0.120. The van der Waals surface area contributed by atoms with E-state index in [1.54, 1.807) is 0 Å². The summed E-state index contributed by atoms with van der Waals surface area (Å²) in [6, 6.07) is 4.31. The molecule has 0 aromatic heterocycles. The Morgan fingerprint density at radius 1 is 1.39 bits per heavy atom. The molecule has 0 radical (unpaired) electrons. The summed E-state index contributed by atoms with van der Waals surface area (Å²) in [5.41, 5.74) is 0. The molecule has 0 fully saturated rings. The molecule has 1 aromatic rings. The van der Waals surface area contributed by atoms with Crippen LogP contribution in [0.4, 0.5) is 0 Å². The molecule has 0 atom stereocenters. The zero-order valence-corrected chi connectivity index (χ0v) is 12.1. The van der Waals surface area contributed by atoms with Gasteiger partial charge in [-0.15, -0.1) is 0 Å². The highest BCUT2D eigenvalue weighted by atomic mass is 35.5. The highest BCUT2D eigenvalue weighted by molar-refractivity contribution is 7.89. The van der Waals surface area contributed by atoms with Crippen molar-refractivity contribution in [1.29, 1.82) is 0 Å². The molecular formula is C10H12Cl2N2O3S. The first kappa shape index (κ1) is 15.2. The second-order valence-corrected chi connectivity index (χ2v) is 6.28. The Balaban J connectivity index is 3.14. The van der Waals surface area contributed by atoms with Gasteiger partial charge in [0.05, 0.1) is 16.6 Å². The van der Waals surface area contributed by atoms with E-state index in [9.17, 15) is 13.2 Å². The van der Waals surface area contributed by atoms with Crippen molar-refractivity contribution in [3.8, 4) is 0 Å². The number of benzene rings is 1. The Morgan fingerprint density at radius 2 is 2.00 bits per heavy atom. The van der Waals surface area contributed by atoms with Crippen molar-refractivity contribution in [3.63, 3.8) is 0 Å². The van der Waals surface area contributed by atoms with Gasteiger partial charge in [0.25, 0.3) is 0 Å². The van der Waals surface area contributed by atoms with E-state index in [4.69, 9.17) is 23.2 Å². The SMILES string of the molecule is CNC(=O)CN(C)S(=O)(=O)c1cccc(Cl)c1Cl. The average Bonchev–Trinajstić information content (AvgIpc) is 2.32. The maximum absolute atomic E-state index is 12.2. The van der Waals surface area contributed by atoms with Gasteiger partial charge in [-0.05, 0) is 12.1 Å². The number of likely N-dealkylation sites (N-methyl/N-ethyl adjacent to an activating group) is 2. The number of nitrogens with one attached hydrogen (secondary N) is 1. The van der Waals surface area contributed by atoms with E-state index in [2.05, 4.69) is 5.32 Å². The van der Waals surface area contributed by atoms with Gasteiger partial charge in [0.2, 0.25) is 15.9 Å². The van der Waals surface area contributed by atoms with Crippen LogP contribution in [-0.4, -0.2) is 39.3 Å². The zero-order chi connectivity index (χ0) is 13.9. The second-order valence-electron chi connectivity index (χ2n) is 3.49. The largest absolute Gasteiger partial charge is 0.358 e. The van der Waals surface area contributed by atoms with Gasteiger partial charge in [0.1, 0.15) is 4.90 Å². The molecule has 0 bridgehead atoms. The minimum absolute atomic E-state index is 0.0528. The van der Waals surface area contributed by atoms with Crippen LogP contribution in [0.1, 0.15) is 0 Å². The molecule has 5 nitrogen and oxygen atoms in total. The van der Waals surface area contributed by atoms with Gasteiger partial charge < -0.3 is 5.32 Å². The van der Waals surface area contributed by atoms with Gasteiger partial charge in [-0.3, -0.25) is 4.79 Å². The fraction of sp³-hybridized carbons (Fsp3) is 0.300. The first-order chi connectivity index (χ1) is 8.30. The lowest BCUT2D eigenvalue weighted by Crippen LogP contribution is -2.37. The van der Waals surface area contributed by atoms with Crippen molar-refractivity contribution in [3.05, 3.63) is 28.2 Å². The van der Waals surface area contributed by atoms with Crippen LogP contribution in [0.3, 0.4) is 0 Å². The molecule has 0 unspecified atom stereocenters. The lowest BCUT2D eigenvalue weighted by atomic mass is 10.4. The van der Waals surface area contributed by atoms with E-state index in [-0.39, 0.29) is 21.5 Å². The molecule has 0 aliphatic heterocycles. The number of rotatable bonds is 4. The van der Waals surface area contributed by atoms with Crippen LogP contribution in [0, 0.1) is 0 Å². The summed E-state index contributed by atoms with van der Waals surface area (Å²) in [6.07, 6.45) is 0. The van der Waals surface area contributed by atoms with Crippen LogP contribution in [0.5, 0.6) is 0 Å². The Labute approximate surface area is 116 Å². The normalized spacial score (nSPS) is 11.6. The summed E-state index contributed by atoms with van der Waals surface area (Å²) in [5.74, 6) is -0.417. The van der Waals surface area contributed by atoms with Crippen LogP contribution in [0.2, 0.25) is 10.0 Å². The summed E-state index contributed by atoms with van der Waals surface area (Å²) in [6.45, 7) is -0.290. The van der Waals surface area contributed by atoms with Crippen LogP contribution in [0.15, 0.2) is 23.1 Å². The predicted octanol–water partition coefficient (Wildman–Crippen LogP) is 1.36. The third kappa shape index (κ3) is 3.14. The molecule has 1 N–H and O–H groups in total. The lowest BCUT2D eigenvalue weighted by Gasteiger charge is -2.17. The molecule has 1 rings (SSSR count). The molecular weight excluding hydrogens is 299 g/mol. The summed E-state index contributed by atoms with van der Waals surface area (Å²) in [4.78, 5) is 11.1. The van der Waals surface area contributed by atoms with Crippen molar-refractivity contribution in [1.82, 2.24) is 9.62 Å². The number of amides is 1. The Bertz CT molecular complexity index is 560. The standard InChI is InChI=1S/C10H12Cl2N2O3S/c1-13-9(15)6-14(2)18(16,17)8-5-3-4-7(11)10(8)12/h3-5H,6H2,1-2H3,(H,13,15). The van der Waals surface area contributed by atoms with E-state index in [1.807, 2.05) is 0 Å². The molecule has 18 heavy (non-hydrogen) atoms. The third-order valence-corrected chi connectivity index (χ3v) is 5.03. The maximum Gasteiger partial charge on any atom is 0.244 e. The number of hydrogen-bond donors (Lipinski definition) is 1. The number of carbonyl (C=O) groups is 1. The van der Waals surface area contributed by atoms with Crippen LogP contribution >= 0.6 is 23.2 Å². The molecule has 0 saturated heterocycles. The fourth-order valence-corrected chi connectivity index (χ4v) is 3.08. The monoisotopic (exact) mass is 310 g/mol. The number of hydrogen-bond acceptors (Lipinski definition) is 3. The fourth-order valence-electron chi connectivity index (χ4n) is 1.22. The Kier molecular flexibility index (Phi) is 4.98. The van der Waals surface area contributed by atoms with Gasteiger partial charge in [0.15, 0.2) is 0 Å². The van der Waals surface area contributed by atoms with Crippen LogP contribution in [-0.2, 0) is 14.8 Å². The van der Waals surface area contributed by atoms with Gasteiger partial charge in [-0.1, -0.05) is 29.3 Å². The van der Waals surface area contributed by atoms with Crippen LogP contribution in [0.25, 0.3) is 0 Å². The smallest absolute Gasteiger partial charge is 0.244 e. The molecule has 100 valence electrons. The first-order valence-electron chi connectivity index (χ1n) is 4.91. The summed E-state index contributed by atoms with van der Waals surface area (Å²) in [7, 11) is -1.12. The molecule has 0 saturated carbocycles. The molecule has 0 heterocycles. The first-order valence-corrected chi connectivity index (χ1v) is 7.11. The van der Waals surface area contributed by atoms with Crippen molar-refractivity contribution in [2.45, 2.75) is 4.90 Å². The topological polar surface area (TPSA) is 66.5 Å². The number of sulfonamides is 1. The predicted molar refractivity (Wildman–Crippen MR) is 70.3 cm³/mol. The highest BCUT2D eigenvalue weighted by Crippen LogP contribution is 2.30. The van der Waals surface area contributed by atoms with E-state index >= 15 is 0 Å². The maximum atomic E-state index is 12.2. The number of nitrogens with zero attached hydrogens (tertiary/aromatic N) is 1. The van der Waals surface area contributed by atoms with Crippen molar-refractivity contribution in [2.75, 3.05) is 20.6 Å². The summed E-state index contributed by atoms with van der Waals surface area (Å²) in [5, 5.41) is 2.43. The highest BCUT2D eigenvalue weighted by Gasteiger charge is 2.25. The zero-order valence-electron chi connectivity index (χ0n) is 9.78. The van der Waals surface area contributed by atoms with Crippen molar-refractivity contribution in [2.24, 2.45) is 0 Å². The molecule has 0 spiro atoms. The Morgan fingerprint density at radius 3 is 2.56 bits per heavy atom. The second kappa shape index (κ2) is 5.88. The van der Waals surface area contributed by atoms with Crippen molar-refractivity contribution < 1.29 is 13.2 Å². The quantitative estimate of drug-likeness (QED) is 0.913. The van der Waals surface area contributed by atoms with Crippen LogP contribution < -0.4 is 5.32 Å². The molecule has 1 aromatic carbocycles. The molecule has 1 amide bonds. The summed E-state index contributed by atoms with van der Waals surface area (Å²) < 4.78 is 25.2.